The Morgan fingerprint density at radius 3 is 2.06 bits per heavy atom. The number of carbonyl (C=O) groups excluding carboxylic acids is 4. The van der Waals surface area contributed by atoms with Crippen LogP contribution in [-0.4, -0.2) is 88.2 Å². The lowest BCUT2D eigenvalue weighted by molar-refractivity contribution is -0.144. The molecule has 1 saturated heterocycles. The van der Waals surface area contributed by atoms with Gasteiger partial charge in [-0.3, -0.25) is 24.0 Å². The second-order valence-corrected chi connectivity index (χ2v) is 6.96. The summed E-state index contributed by atoms with van der Waals surface area (Å²) in [7, 11) is 0. The standard InChI is InChI=1S/C17H27N5O9/c18-12(24)4-3-9(17(30)31)20-15(28)10(6-13(25)26)21-16(29)11(7-23)22-14(27)8-2-1-5-19-8/h8-11,19,23H,1-7H2,(H2,18,24)(H,20,28)(H,21,29)(H,22,27)(H,25,26)(H,30,31). The number of nitrogens with one attached hydrogen (secondary N) is 4. The van der Waals surface area contributed by atoms with E-state index in [1.165, 1.54) is 0 Å². The van der Waals surface area contributed by atoms with Crippen molar-refractivity contribution in [2.45, 2.75) is 56.3 Å². The number of amides is 4. The minimum atomic E-state index is -1.70. The Balaban J connectivity index is 2.81. The summed E-state index contributed by atoms with van der Waals surface area (Å²) < 4.78 is 0. The highest BCUT2D eigenvalue weighted by Crippen LogP contribution is 2.05. The summed E-state index contributed by atoms with van der Waals surface area (Å²) >= 11 is 0. The number of carboxylic acid groups (broad SMARTS) is 2. The fourth-order valence-corrected chi connectivity index (χ4v) is 2.85. The van der Waals surface area contributed by atoms with Crippen molar-refractivity contribution >= 4 is 35.6 Å². The average molecular weight is 445 g/mol. The summed E-state index contributed by atoms with van der Waals surface area (Å²) in [5.74, 6) is -6.45. The van der Waals surface area contributed by atoms with Crippen molar-refractivity contribution < 1.29 is 44.1 Å². The summed E-state index contributed by atoms with van der Waals surface area (Å²) in [6, 6.07) is -5.24. The molecule has 1 aliphatic rings. The molecular weight excluding hydrogens is 418 g/mol. The largest absolute Gasteiger partial charge is 0.481 e. The zero-order valence-electron chi connectivity index (χ0n) is 16.6. The molecule has 0 saturated carbocycles. The van der Waals surface area contributed by atoms with Gasteiger partial charge in [-0.1, -0.05) is 0 Å². The molecular formula is C17H27N5O9. The highest BCUT2D eigenvalue weighted by molar-refractivity contribution is 5.95. The molecule has 0 aliphatic carbocycles. The third kappa shape index (κ3) is 8.96. The van der Waals surface area contributed by atoms with E-state index in [0.717, 1.165) is 6.42 Å². The van der Waals surface area contributed by atoms with Crippen molar-refractivity contribution in [3.05, 3.63) is 0 Å². The second kappa shape index (κ2) is 12.4. The van der Waals surface area contributed by atoms with Crippen LogP contribution in [0.1, 0.15) is 32.1 Å². The van der Waals surface area contributed by atoms with Gasteiger partial charge in [0.05, 0.1) is 19.1 Å². The zero-order chi connectivity index (χ0) is 23.6. The molecule has 0 spiro atoms. The minimum absolute atomic E-state index is 0.339. The Morgan fingerprint density at radius 2 is 1.58 bits per heavy atom. The Bertz CT molecular complexity index is 708. The molecule has 14 heteroatoms. The number of hydrogen-bond acceptors (Lipinski definition) is 8. The Hall–Kier alpha value is -3.26. The number of aliphatic hydroxyl groups is 1. The molecule has 0 aromatic heterocycles. The van der Waals surface area contributed by atoms with Gasteiger partial charge in [0.1, 0.15) is 18.1 Å². The molecule has 0 radical (unpaired) electrons. The van der Waals surface area contributed by atoms with Crippen LogP contribution in [0.2, 0.25) is 0 Å². The van der Waals surface area contributed by atoms with Crippen LogP contribution in [0.3, 0.4) is 0 Å². The lowest BCUT2D eigenvalue weighted by atomic mass is 10.1. The summed E-state index contributed by atoms with van der Waals surface area (Å²) in [6.07, 6.45) is -0.280. The number of primary amides is 1. The molecule has 4 atom stereocenters. The van der Waals surface area contributed by atoms with Gasteiger partial charge in [-0.2, -0.15) is 0 Å². The molecule has 1 aliphatic heterocycles. The summed E-state index contributed by atoms with van der Waals surface area (Å²) in [5.41, 5.74) is 4.95. The highest BCUT2D eigenvalue weighted by atomic mass is 16.4. The first-order valence-corrected chi connectivity index (χ1v) is 9.53. The van der Waals surface area contributed by atoms with Gasteiger partial charge in [-0.15, -0.1) is 0 Å². The van der Waals surface area contributed by atoms with Crippen molar-refractivity contribution in [3.8, 4) is 0 Å². The smallest absolute Gasteiger partial charge is 0.326 e. The second-order valence-electron chi connectivity index (χ2n) is 6.96. The molecule has 0 aromatic carbocycles. The van der Waals surface area contributed by atoms with Crippen molar-refractivity contribution in [2.24, 2.45) is 5.73 Å². The van der Waals surface area contributed by atoms with E-state index in [9.17, 15) is 33.9 Å². The first-order valence-electron chi connectivity index (χ1n) is 9.53. The van der Waals surface area contributed by atoms with Crippen molar-refractivity contribution in [1.82, 2.24) is 21.3 Å². The average Bonchev–Trinajstić information content (AvgIpc) is 3.22. The van der Waals surface area contributed by atoms with Crippen LogP contribution in [0.25, 0.3) is 0 Å². The molecule has 1 rings (SSSR count). The minimum Gasteiger partial charge on any atom is -0.481 e. The molecule has 9 N–H and O–H groups in total. The van der Waals surface area contributed by atoms with E-state index in [2.05, 4.69) is 16.0 Å². The van der Waals surface area contributed by atoms with Crippen LogP contribution in [0.15, 0.2) is 0 Å². The van der Waals surface area contributed by atoms with Gasteiger partial charge in [0.25, 0.3) is 0 Å². The number of nitrogens with two attached hydrogens (primary N) is 1. The van der Waals surface area contributed by atoms with Gasteiger partial charge >= 0.3 is 11.9 Å². The molecule has 0 aromatic rings. The van der Waals surface area contributed by atoms with Gasteiger partial charge < -0.3 is 42.3 Å². The number of aliphatic carboxylic acids is 2. The molecule has 31 heavy (non-hydrogen) atoms. The van der Waals surface area contributed by atoms with Crippen LogP contribution in [0.4, 0.5) is 0 Å². The number of carbonyl (C=O) groups is 6. The maximum atomic E-state index is 12.4. The predicted molar refractivity (Wildman–Crippen MR) is 102 cm³/mol. The number of carboxylic acids is 2. The fraction of sp³-hybridized carbons (Fsp3) is 0.647. The summed E-state index contributed by atoms with van der Waals surface area (Å²) in [6.45, 7) is -0.197. The lowest BCUT2D eigenvalue weighted by Gasteiger charge is -2.23. The molecule has 1 fully saturated rings. The number of rotatable bonds is 13. The molecule has 174 valence electrons. The number of hydrogen-bond donors (Lipinski definition) is 8. The van der Waals surface area contributed by atoms with Gasteiger partial charge in [0, 0.05) is 6.42 Å². The molecule has 1 heterocycles. The molecule has 0 bridgehead atoms. The predicted octanol–water partition coefficient (Wildman–Crippen LogP) is -3.99. The zero-order valence-corrected chi connectivity index (χ0v) is 16.6. The van der Waals surface area contributed by atoms with Gasteiger partial charge in [-0.05, 0) is 25.8 Å². The maximum absolute atomic E-state index is 12.4. The fourth-order valence-electron chi connectivity index (χ4n) is 2.85. The van der Waals surface area contributed by atoms with Crippen LogP contribution < -0.4 is 27.0 Å². The number of aliphatic hydroxyl groups excluding tert-OH is 1. The van der Waals surface area contributed by atoms with Crippen LogP contribution >= 0.6 is 0 Å². The topological polar surface area (TPSA) is 237 Å². The summed E-state index contributed by atoms with van der Waals surface area (Å²) in [5, 5.41) is 36.9. The van der Waals surface area contributed by atoms with E-state index < -0.39 is 72.8 Å². The normalized spacial score (nSPS) is 18.3. The van der Waals surface area contributed by atoms with E-state index in [1.807, 2.05) is 5.32 Å². The Kier molecular flexibility index (Phi) is 10.3. The van der Waals surface area contributed by atoms with Crippen molar-refractivity contribution in [2.75, 3.05) is 13.2 Å². The van der Waals surface area contributed by atoms with Gasteiger partial charge in [0.2, 0.25) is 23.6 Å². The SMILES string of the molecule is NC(=O)CCC(NC(=O)C(CC(=O)O)NC(=O)C(CO)NC(=O)C1CCCN1)C(=O)O. The first kappa shape index (κ1) is 25.8. The third-order valence-corrected chi connectivity index (χ3v) is 4.50. The van der Waals surface area contributed by atoms with E-state index in [0.29, 0.717) is 13.0 Å². The lowest BCUT2D eigenvalue weighted by Crippen LogP contribution is -2.58. The Labute approximate surface area is 176 Å². The molecule has 4 unspecified atom stereocenters. The maximum Gasteiger partial charge on any atom is 0.326 e. The van der Waals surface area contributed by atoms with Crippen molar-refractivity contribution in [3.63, 3.8) is 0 Å². The van der Waals surface area contributed by atoms with E-state index >= 15 is 0 Å². The quantitative estimate of drug-likeness (QED) is 0.137. The summed E-state index contributed by atoms with van der Waals surface area (Å²) in [4.78, 5) is 70.1. The van der Waals surface area contributed by atoms with E-state index in [4.69, 9.17) is 15.9 Å². The van der Waals surface area contributed by atoms with Crippen LogP contribution in [0, 0.1) is 0 Å². The highest BCUT2D eigenvalue weighted by Gasteiger charge is 2.32. The molecule has 14 nitrogen and oxygen atoms in total. The Morgan fingerprint density at radius 1 is 0.968 bits per heavy atom. The van der Waals surface area contributed by atoms with Gasteiger partial charge in [-0.25, -0.2) is 4.79 Å². The third-order valence-electron chi connectivity index (χ3n) is 4.50. The molecule has 4 amide bonds. The monoisotopic (exact) mass is 445 g/mol. The first-order chi connectivity index (χ1) is 14.5. The van der Waals surface area contributed by atoms with Crippen LogP contribution in [-0.2, 0) is 28.8 Å². The van der Waals surface area contributed by atoms with Gasteiger partial charge in [0.15, 0.2) is 0 Å². The van der Waals surface area contributed by atoms with Crippen molar-refractivity contribution in [1.29, 1.82) is 0 Å². The van der Waals surface area contributed by atoms with E-state index in [-0.39, 0.29) is 12.8 Å². The van der Waals surface area contributed by atoms with E-state index in [1.54, 1.807) is 0 Å². The van der Waals surface area contributed by atoms with Crippen LogP contribution in [0.5, 0.6) is 0 Å².